The predicted octanol–water partition coefficient (Wildman–Crippen LogP) is 5.90. The summed E-state index contributed by atoms with van der Waals surface area (Å²) in [6, 6.07) is 16.6. The average Bonchev–Trinajstić information content (AvgIpc) is 2.43. The van der Waals surface area contributed by atoms with Gasteiger partial charge in [-0.15, -0.1) is 0 Å². The van der Waals surface area contributed by atoms with Gasteiger partial charge in [-0.2, -0.15) is 0 Å². The molecule has 0 bridgehead atoms. The number of ether oxygens (including phenoxy) is 1. The van der Waals surface area contributed by atoms with E-state index in [4.69, 9.17) is 4.74 Å². The van der Waals surface area contributed by atoms with E-state index in [0.717, 1.165) is 13.4 Å². The quantitative estimate of drug-likeness (QED) is 0.370. The van der Waals surface area contributed by atoms with Gasteiger partial charge in [0.05, 0.1) is 12.7 Å². The molecule has 0 aliphatic rings. The second kappa shape index (κ2) is 7.76. The summed E-state index contributed by atoms with van der Waals surface area (Å²) in [5.41, 5.74) is 2.41. The summed E-state index contributed by atoms with van der Waals surface area (Å²) in [6.07, 6.45) is 0.136. The average molecular weight is 496 g/mol. The van der Waals surface area contributed by atoms with Gasteiger partial charge in [-0.3, -0.25) is 0 Å². The van der Waals surface area contributed by atoms with E-state index >= 15 is 0 Å². The molecule has 4 heteroatoms. The van der Waals surface area contributed by atoms with Crippen LogP contribution < -0.4 is 0 Å². The molecule has 19 heavy (non-hydrogen) atoms. The first-order chi connectivity index (χ1) is 9.19. The van der Waals surface area contributed by atoms with Crippen LogP contribution in [0.2, 0.25) is 0 Å². The molecular formula is C15H13Br2IO. The van der Waals surface area contributed by atoms with Crippen molar-refractivity contribution in [3.05, 3.63) is 68.6 Å². The highest BCUT2D eigenvalue weighted by Gasteiger charge is 2.10. The molecule has 0 saturated heterocycles. The van der Waals surface area contributed by atoms with E-state index in [1.807, 2.05) is 12.1 Å². The zero-order valence-electron chi connectivity index (χ0n) is 10.2. The highest BCUT2D eigenvalue weighted by molar-refractivity contribution is 14.1. The standard InChI is InChI=1S/C15H13Br2IO/c16-13-5-1-11(2-6-13)10-19-15(9-18)12-3-7-14(17)8-4-12/h1-8,15H,9-10H2. The predicted molar refractivity (Wildman–Crippen MR) is 94.7 cm³/mol. The molecular weight excluding hydrogens is 483 g/mol. The van der Waals surface area contributed by atoms with E-state index in [1.54, 1.807) is 0 Å². The van der Waals surface area contributed by atoms with E-state index in [-0.39, 0.29) is 6.10 Å². The fraction of sp³-hybridized carbons (Fsp3) is 0.200. The van der Waals surface area contributed by atoms with Crippen LogP contribution in [0, 0.1) is 0 Å². The maximum Gasteiger partial charge on any atom is 0.0918 e. The van der Waals surface area contributed by atoms with Crippen molar-refractivity contribution in [3.8, 4) is 0 Å². The molecule has 2 aromatic rings. The summed E-state index contributed by atoms with van der Waals surface area (Å²) in [5.74, 6) is 0. The largest absolute Gasteiger partial charge is 0.368 e. The number of hydrogen-bond donors (Lipinski definition) is 0. The van der Waals surface area contributed by atoms with Crippen molar-refractivity contribution >= 4 is 54.5 Å². The van der Waals surface area contributed by atoms with Gasteiger partial charge < -0.3 is 4.74 Å². The molecule has 1 nitrogen and oxygen atoms in total. The lowest BCUT2D eigenvalue weighted by molar-refractivity contribution is 0.0577. The number of alkyl halides is 1. The summed E-state index contributed by atoms with van der Waals surface area (Å²) < 4.78 is 9.13. The Kier molecular flexibility index (Phi) is 6.32. The summed E-state index contributed by atoms with van der Waals surface area (Å²) in [5, 5.41) is 0. The van der Waals surface area contributed by atoms with E-state index in [9.17, 15) is 0 Å². The first-order valence-electron chi connectivity index (χ1n) is 5.86. The summed E-state index contributed by atoms with van der Waals surface area (Å²) in [7, 11) is 0. The topological polar surface area (TPSA) is 9.23 Å². The molecule has 0 spiro atoms. The fourth-order valence-corrected chi connectivity index (χ4v) is 2.98. The Morgan fingerprint density at radius 2 is 1.42 bits per heavy atom. The molecule has 0 aliphatic heterocycles. The second-order valence-corrected chi connectivity index (χ2v) is 6.84. The van der Waals surface area contributed by atoms with Gasteiger partial charge in [-0.25, -0.2) is 0 Å². The van der Waals surface area contributed by atoms with Crippen LogP contribution >= 0.6 is 54.5 Å². The van der Waals surface area contributed by atoms with Crippen molar-refractivity contribution in [2.45, 2.75) is 12.7 Å². The van der Waals surface area contributed by atoms with Crippen LogP contribution in [0.15, 0.2) is 57.5 Å². The summed E-state index contributed by atoms with van der Waals surface area (Å²) >= 11 is 9.25. The van der Waals surface area contributed by atoms with Crippen molar-refractivity contribution in [2.24, 2.45) is 0 Å². The number of hydrogen-bond acceptors (Lipinski definition) is 1. The van der Waals surface area contributed by atoms with Crippen molar-refractivity contribution in [3.63, 3.8) is 0 Å². The lowest BCUT2D eigenvalue weighted by atomic mass is 10.1. The zero-order valence-corrected chi connectivity index (χ0v) is 15.5. The molecule has 0 N–H and O–H groups in total. The number of benzene rings is 2. The first-order valence-corrected chi connectivity index (χ1v) is 8.97. The van der Waals surface area contributed by atoms with Crippen molar-refractivity contribution in [1.82, 2.24) is 0 Å². The van der Waals surface area contributed by atoms with Crippen LogP contribution in [0.1, 0.15) is 17.2 Å². The molecule has 100 valence electrons. The Labute approximate surface area is 144 Å². The van der Waals surface area contributed by atoms with Gasteiger partial charge in [0.25, 0.3) is 0 Å². The van der Waals surface area contributed by atoms with Gasteiger partial charge in [0, 0.05) is 13.4 Å². The third kappa shape index (κ3) is 4.85. The third-order valence-corrected chi connectivity index (χ3v) is 4.60. The Morgan fingerprint density at radius 3 is 1.95 bits per heavy atom. The minimum absolute atomic E-state index is 0.136. The Balaban J connectivity index is 1.99. The van der Waals surface area contributed by atoms with Crippen LogP contribution in [0.3, 0.4) is 0 Å². The SMILES string of the molecule is Brc1ccc(COC(CI)c2ccc(Br)cc2)cc1. The molecule has 0 amide bonds. The summed E-state index contributed by atoms with van der Waals surface area (Å²) in [4.78, 5) is 0. The third-order valence-electron chi connectivity index (χ3n) is 2.75. The normalized spacial score (nSPS) is 12.4. The summed E-state index contributed by atoms with van der Waals surface area (Å²) in [6.45, 7) is 0.636. The Hall–Kier alpha value is 0.0900. The zero-order chi connectivity index (χ0) is 13.7. The molecule has 0 aromatic heterocycles. The Bertz CT molecular complexity index is 511. The maximum absolute atomic E-state index is 6.01. The van der Waals surface area contributed by atoms with E-state index < -0.39 is 0 Å². The van der Waals surface area contributed by atoms with Crippen LogP contribution in [-0.2, 0) is 11.3 Å². The second-order valence-electron chi connectivity index (χ2n) is 4.13. The molecule has 1 atom stereocenters. The minimum atomic E-state index is 0.136. The lowest BCUT2D eigenvalue weighted by Crippen LogP contribution is -2.05. The lowest BCUT2D eigenvalue weighted by Gasteiger charge is -2.16. The molecule has 0 radical (unpaired) electrons. The van der Waals surface area contributed by atoms with E-state index in [2.05, 4.69) is 90.8 Å². The van der Waals surface area contributed by atoms with E-state index in [1.165, 1.54) is 11.1 Å². The molecule has 0 fully saturated rings. The van der Waals surface area contributed by atoms with Crippen LogP contribution in [0.4, 0.5) is 0 Å². The molecule has 0 aliphatic carbocycles. The highest BCUT2D eigenvalue weighted by atomic mass is 127. The highest BCUT2D eigenvalue weighted by Crippen LogP contribution is 2.23. The van der Waals surface area contributed by atoms with Crippen molar-refractivity contribution in [2.75, 3.05) is 4.43 Å². The van der Waals surface area contributed by atoms with Crippen molar-refractivity contribution < 1.29 is 4.74 Å². The van der Waals surface area contributed by atoms with Gasteiger partial charge in [-0.1, -0.05) is 78.7 Å². The minimum Gasteiger partial charge on any atom is -0.368 e. The van der Waals surface area contributed by atoms with Crippen molar-refractivity contribution in [1.29, 1.82) is 0 Å². The number of halogens is 3. The molecule has 2 rings (SSSR count). The van der Waals surface area contributed by atoms with Gasteiger partial charge in [0.2, 0.25) is 0 Å². The van der Waals surface area contributed by atoms with Crippen LogP contribution in [-0.4, -0.2) is 4.43 Å². The molecule has 1 unspecified atom stereocenters. The first kappa shape index (κ1) is 15.5. The van der Waals surface area contributed by atoms with Gasteiger partial charge in [0.15, 0.2) is 0 Å². The van der Waals surface area contributed by atoms with Gasteiger partial charge in [0.1, 0.15) is 0 Å². The van der Waals surface area contributed by atoms with E-state index in [0.29, 0.717) is 6.61 Å². The van der Waals surface area contributed by atoms with Crippen LogP contribution in [0.25, 0.3) is 0 Å². The van der Waals surface area contributed by atoms with Gasteiger partial charge in [-0.05, 0) is 35.4 Å². The smallest absolute Gasteiger partial charge is 0.0918 e. The van der Waals surface area contributed by atoms with Gasteiger partial charge >= 0.3 is 0 Å². The number of rotatable bonds is 5. The maximum atomic E-state index is 6.01. The Morgan fingerprint density at radius 1 is 0.895 bits per heavy atom. The molecule has 0 heterocycles. The molecule has 2 aromatic carbocycles. The monoisotopic (exact) mass is 494 g/mol. The van der Waals surface area contributed by atoms with Crippen LogP contribution in [0.5, 0.6) is 0 Å². The molecule has 0 saturated carbocycles. The fourth-order valence-electron chi connectivity index (χ4n) is 1.68.